The van der Waals surface area contributed by atoms with Crippen molar-refractivity contribution in [2.24, 2.45) is 0 Å². The molecule has 0 saturated carbocycles. The number of thioether (sulfide) groups is 1. The van der Waals surface area contributed by atoms with Crippen LogP contribution in [0.3, 0.4) is 0 Å². The fourth-order valence-electron chi connectivity index (χ4n) is 2.66. The summed E-state index contributed by atoms with van der Waals surface area (Å²) in [4.78, 5) is 2.08. The molecule has 0 spiro atoms. The van der Waals surface area contributed by atoms with Crippen molar-refractivity contribution in [2.45, 2.75) is 30.8 Å². The van der Waals surface area contributed by atoms with Crippen LogP contribution in [-0.4, -0.2) is 33.8 Å². The normalized spacial score (nSPS) is 12.5. The maximum absolute atomic E-state index is 13.4. The first-order chi connectivity index (χ1) is 12.5. The molecule has 0 unspecified atom stereocenters. The first kappa shape index (κ1) is 18.6. The smallest absolute Gasteiger partial charge is 0.196 e. The topological polar surface area (TPSA) is 34.0 Å². The zero-order chi connectivity index (χ0) is 18.7. The average Bonchev–Trinajstić information content (AvgIpc) is 3.03. The molecule has 0 radical (unpaired) electrons. The first-order valence-electron chi connectivity index (χ1n) is 8.51. The summed E-state index contributed by atoms with van der Waals surface area (Å²) < 4.78 is 15.4. The van der Waals surface area contributed by atoms with Gasteiger partial charge in [-0.15, -0.1) is 10.2 Å². The fourth-order valence-corrected chi connectivity index (χ4v) is 3.56. The number of aryl methyl sites for hydroxylation is 1. The Kier molecular flexibility index (Phi) is 5.74. The van der Waals surface area contributed by atoms with Gasteiger partial charge in [-0.2, -0.15) is 0 Å². The lowest BCUT2D eigenvalue weighted by atomic mass is 10.2. The molecular weight excluding hydrogens is 347 g/mol. The third-order valence-corrected chi connectivity index (χ3v) is 5.34. The van der Waals surface area contributed by atoms with Gasteiger partial charge in [-0.25, -0.2) is 4.39 Å². The Hall–Kier alpha value is -2.18. The van der Waals surface area contributed by atoms with Crippen molar-refractivity contribution in [1.82, 2.24) is 19.7 Å². The second-order valence-electron chi connectivity index (χ2n) is 6.57. The van der Waals surface area contributed by atoms with Crippen molar-refractivity contribution in [3.05, 3.63) is 71.3 Å². The van der Waals surface area contributed by atoms with Gasteiger partial charge in [0.25, 0.3) is 0 Å². The average molecular weight is 370 g/mol. The van der Waals surface area contributed by atoms with Crippen molar-refractivity contribution < 1.29 is 4.39 Å². The molecule has 0 aliphatic rings. The van der Waals surface area contributed by atoms with E-state index in [2.05, 4.69) is 53.2 Å². The maximum atomic E-state index is 13.4. The van der Waals surface area contributed by atoms with Gasteiger partial charge in [0.2, 0.25) is 0 Å². The Morgan fingerprint density at radius 2 is 1.85 bits per heavy atom. The lowest BCUT2D eigenvalue weighted by molar-refractivity contribution is 0.305. The fraction of sp³-hybridized carbons (Fsp3) is 0.300. The van der Waals surface area contributed by atoms with E-state index in [1.54, 1.807) is 23.9 Å². The summed E-state index contributed by atoms with van der Waals surface area (Å²) in [5, 5.41) is 9.64. The van der Waals surface area contributed by atoms with E-state index in [0.717, 1.165) is 22.4 Å². The van der Waals surface area contributed by atoms with E-state index >= 15 is 0 Å². The molecule has 2 aromatic carbocycles. The minimum absolute atomic E-state index is 0.0841. The monoisotopic (exact) mass is 370 g/mol. The molecule has 0 saturated heterocycles. The number of nitrogens with zero attached hydrogens (tertiary/aromatic N) is 4. The van der Waals surface area contributed by atoms with Gasteiger partial charge in [0.15, 0.2) is 11.0 Å². The minimum atomic E-state index is -0.252. The molecule has 1 heterocycles. The molecule has 6 heteroatoms. The summed E-state index contributed by atoms with van der Waals surface area (Å²) >= 11 is 1.63. The second kappa shape index (κ2) is 8.01. The SMILES string of the molecule is Cc1cccc(CSc2nnc([C@@H](C)N(C)C)n2-c2ccc(F)cc2)c1. The van der Waals surface area contributed by atoms with Gasteiger partial charge < -0.3 is 0 Å². The summed E-state index contributed by atoms with van der Waals surface area (Å²) in [6.07, 6.45) is 0. The first-order valence-corrected chi connectivity index (χ1v) is 9.50. The van der Waals surface area contributed by atoms with Crippen LogP contribution in [0, 0.1) is 12.7 Å². The molecule has 1 aromatic heterocycles. The summed E-state index contributed by atoms with van der Waals surface area (Å²) in [6, 6.07) is 15.0. The quantitative estimate of drug-likeness (QED) is 0.593. The summed E-state index contributed by atoms with van der Waals surface area (Å²) in [5.41, 5.74) is 3.35. The number of rotatable bonds is 6. The third-order valence-electron chi connectivity index (χ3n) is 4.34. The zero-order valence-electron chi connectivity index (χ0n) is 15.5. The second-order valence-corrected chi connectivity index (χ2v) is 7.51. The molecule has 0 bridgehead atoms. The van der Waals surface area contributed by atoms with E-state index in [9.17, 15) is 4.39 Å². The van der Waals surface area contributed by atoms with Gasteiger partial charge in [0.1, 0.15) is 5.82 Å². The number of halogens is 1. The molecule has 0 aliphatic carbocycles. The Morgan fingerprint density at radius 1 is 1.12 bits per heavy atom. The largest absolute Gasteiger partial charge is 0.300 e. The molecule has 4 nitrogen and oxygen atoms in total. The Bertz CT molecular complexity index is 874. The molecular formula is C20H23FN4S. The van der Waals surface area contributed by atoms with Gasteiger partial charge in [0.05, 0.1) is 6.04 Å². The van der Waals surface area contributed by atoms with E-state index < -0.39 is 0 Å². The zero-order valence-corrected chi connectivity index (χ0v) is 16.3. The molecule has 0 N–H and O–H groups in total. The van der Waals surface area contributed by atoms with E-state index in [1.165, 1.54) is 23.3 Å². The van der Waals surface area contributed by atoms with Gasteiger partial charge >= 0.3 is 0 Å². The standard InChI is InChI=1S/C20H23FN4S/c1-14-6-5-7-16(12-14)13-26-20-23-22-19(15(2)24(3)4)25(20)18-10-8-17(21)9-11-18/h5-12,15H,13H2,1-4H3/t15-/m1/s1. The van der Waals surface area contributed by atoms with Crippen LogP contribution in [0.5, 0.6) is 0 Å². The number of hydrogen-bond donors (Lipinski definition) is 0. The highest BCUT2D eigenvalue weighted by Crippen LogP contribution is 2.29. The highest BCUT2D eigenvalue weighted by atomic mass is 32.2. The van der Waals surface area contributed by atoms with Gasteiger partial charge in [0, 0.05) is 11.4 Å². The molecule has 3 rings (SSSR count). The lowest BCUT2D eigenvalue weighted by Crippen LogP contribution is -2.20. The Labute approximate surface area is 158 Å². The van der Waals surface area contributed by atoms with E-state index in [1.807, 2.05) is 18.7 Å². The van der Waals surface area contributed by atoms with Crippen molar-refractivity contribution in [2.75, 3.05) is 14.1 Å². The van der Waals surface area contributed by atoms with Crippen molar-refractivity contribution >= 4 is 11.8 Å². The van der Waals surface area contributed by atoms with Crippen molar-refractivity contribution in [1.29, 1.82) is 0 Å². The molecule has 3 aromatic rings. The molecule has 1 atom stereocenters. The Morgan fingerprint density at radius 3 is 2.50 bits per heavy atom. The highest BCUT2D eigenvalue weighted by molar-refractivity contribution is 7.98. The summed E-state index contributed by atoms with van der Waals surface area (Å²) in [7, 11) is 4.02. The van der Waals surface area contributed by atoms with Crippen LogP contribution in [0.2, 0.25) is 0 Å². The molecule has 0 amide bonds. The number of hydrogen-bond acceptors (Lipinski definition) is 4. The number of benzene rings is 2. The number of aromatic nitrogens is 3. The van der Waals surface area contributed by atoms with Crippen LogP contribution in [0.25, 0.3) is 5.69 Å². The van der Waals surface area contributed by atoms with Gasteiger partial charge in [-0.3, -0.25) is 9.47 Å². The van der Waals surface area contributed by atoms with Crippen LogP contribution in [0.1, 0.15) is 29.9 Å². The minimum Gasteiger partial charge on any atom is -0.300 e. The van der Waals surface area contributed by atoms with Crippen LogP contribution in [-0.2, 0) is 5.75 Å². The van der Waals surface area contributed by atoms with Crippen LogP contribution in [0.4, 0.5) is 4.39 Å². The molecule has 26 heavy (non-hydrogen) atoms. The third kappa shape index (κ3) is 4.14. The Balaban J connectivity index is 1.95. The highest BCUT2D eigenvalue weighted by Gasteiger charge is 2.21. The summed E-state index contributed by atoms with van der Waals surface area (Å²) in [6.45, 7) is 4.17. The summed E-state index contributed by atoms with van der Waals surface area (Å²) in [5.74, 6) is 1.39. The lowest BCUT2D eigenvalue weighted by Gasteiger charge is -2.20. The van der Waals surface area contributed by atoms with Gasteiger partial charge in [-0.1, -0.05) is 41.6 Å². The van der Waals surface area contributed by atoms with Crippen LogP contribution in [0.15, 0.2) is 53.7 Å². The predicted octanol–water partition coefficient (Wildman–Crippen LogP) is 4.63. The van der Waals surface area contributed by atoms with Crippen LogP contribution < -0.4 is 0 Å². The molecule has 136 valence electrons. The molecule has 0 aliphatic heterocycles. The van der Waals surface area contributed by atoms with Gasteiger partial charge in [-0.05, 0) is 57.8 Å². The van der Waals surface area contributed by atoms with E-state index in [-0.39, 0.29) is 11.9 Å². The van der Waals surface area contributed by atoms with Crippen molar-refractivity contribution in [3.8, 4) is 5.69 Å². The van der Waals surface area contributed by atoms with Crippen LogP contribution >= 0.6 is 11.8 Å². The maximum Gasteiger partial charge on any atom is 0.196 e. The van der Waals surface area contributed by atoms with E-state index in [4.69, 9.17) is 0 Å². The predicted molar refractivity (Wildman–Crippen MR) is 104 cm³/mol. The van der Waals surface area contributed by atoms with Crippen molar-refractivity contribution in [3.63, 3.8) is 0 Å². The molecule has 0 fully saturated rings. The van der Waals surface area contributed by atoms with E-state index in [0.29, 0.717) is 0 Å².